The largest absolute Gasteiger partial charge is 0.0898 e. The van der Waals surface area contributed by atoms with Crippen LogP contribution in [0.4, 0.5) is 0 Å². The molecule has 2 aromatic carbocycles. The average Bonchev–Trinajstić information content (AvgIpc) is 2.27. The summed E-state index contributed by atoms with van der Waals surface area (Å²) in [5, 5.41) is 0. The molecule has 16 heavy (non-hydrogen) atoms. The normalized spacial score (nSPS) is 10.4. The minimum absolute atomic E-state index is 1.32. The summed E-state index contributed by atoms with van der Waals surface area (Å²) in [6, 6.07) is 15.1. The van der Waals surface area contributed by atoms with Crippen LogP contribution < -0.4 is 0 Å². The molecule has 1 heteroatoms. The van der Waals surface area contributed by atoms with Crippen LogP contribution in [0, 0.1) is 20.8 Å². The molecule has 0 bridgehead atoms. The van der Waals surface area contributed by atoms with Crippen LogP contribution in [0.1, 0.15) is 16.7 Å². The topological polar surface area (TPSA) is 0 Å². The molecule has 0 radical (unpaired) electrons. The van der Waals surface area contributed by atoms with E-state index in [0.717, 1.165) is 0 Å². The number of hydrogen-bond donors (Lipinski definition) is 0. The van der Waals surface area contributed by atoms with E-state index >= 15 is 0 Å². The van der Waals surface area contributed by atoms with E-state index < -0.39 is 0 Å². The Hall–Kier alpha value is -1.21. The van der Waals surface area contributed by atoms with Gasteiger partial charge in [-0.15, -0.1) is 0 Å². The summed E-state index contributed by atoms with van der Waals surface area (Å²) in [6.45, 7) is 6.47. The lowest BCUT2D eigenvalue weighted by Gasteiger charge is -2.07. The van der Waals surface area contributed by atoms with Crippen LogP contribution in [0.15, 0.2) is 52.3 Å². The Morgan fingerprint density at radius 3 is 2.19 bits per heavy atom. The van der Waals surface area contributed by atoms with Crippen LogP contribution in [-0.2, 0) is 0 Å². The van der Waals surface area contributed by atoms with Crippen molar-refractivity contribution in [3.63, 3.8) is 0 Å². The van der Waals surface area contributed by atoms with Crippen molar-refractivity contribution in [3.8, 4) is 0 Å². The van der Waals surface area contributed by atoms with Gasteiger partial charge in [-0.3, -0.25) is 0 Å². The molecule has 0 unspecified atom stereocenters. The molecule has 0 nitrogen and oxygen atoms in total. The third-order valence-corrected chi connectivity index (χ3v) is 3.97. The van der Waals surface area contributed by atoms with Gasteiger partial charge in [-0.2, -0.15) is 0 Å². The van der Waals surface area contributed by atoms with Crippen molar-refractivity contribution in [2.75, 3.05) is 0 Å². The van der Waals surface area contributed by atoms with E-state index in [0.29, 0.717) is 0 Å². The van der Waals surface area contributed by atoms with E-state index in [9.17, 15) is 0 Å². The molecule has 0 amide bonds. The molecular formula is C15H16S. The van der Waals surface area contributed by atoms with Gasteiger partial charge in [0, 0.05) is 9.79 Å². The maximum atomic E-state index is 2.26. The first-order valence-electron chi connectivity index (χ1n) is 5.47. The molecule has 0 fully saturated rings. The molecule has 0 aliphatic rings. The van der Waals surface area contributed by atoms with Crippen molar-refractivity contribution in [2.45, 2.75) is 30.6 Å². The van der Waals surface area contributed by atoms with Crippen molar-refractivity contribution in [1.82, 2.24) is 0 Å². The quantitative estimate of drug-likeness (QED) is 0.714. The van der Waals surface area contributed by atoms with Gasteiger partial charge in [0.2, 0.25) is 0 Å². The van der Waals surface area contributed by atoms with Crippen LogP contribution in [0.5, 0.6) is 0 Å². The molecule has 0 atom stereocenters. The van der Waals surface area contributed by atoms with Crippen molar-refractivity contribution in [1.29, 1.82) is 0 Å². The fraction of sp³-hybridized carbons (Fsp3) is 0.200. The highest BCUT2D eigenvalue weighted by Gasteiger charge is 2.01. The van der Waals surface area contributed by atoms with Gasteiger partial charge >= 0.3 is 0 Å². The highest BCUT2D eigenvalue weighted by molar-refractivity contribution is 7.99. The number of aryl methyl sites for hydroxylation is 3. The zero-order chi connectivity index (χ0) is 11.5. The monoisotopic (exact) mass is 228 g/mol. The van der Waals surface area contributed by atoms with Crippen LogP contribution in [0.25, 0.3) is 0 Å². The summed E-state index contributed by atoms with van der Waals surface area (Å²) in [5.74, 6) is 0. The van der Waals surface area contributed by atoms with E-state index in [4.69, 9.17) is 0 Å². The second-order valence-electron chi connectivity index (χ2n) is 4.11. The zero-order valence-electron chi connectivity index (χ0n) is 9.95. The Morgan fingerprint density at radius 2 is 1.50 bits per heavy atom. The molecule has 2 rings (SSSR count). The summed E-state index contributed by atoms with van der Waals surface area (Å²) in [7, 11) is 0. The van der Waals surface area contributed by atoms with E-state index in [1.54, 1.807) is 0 Å². The Kier molecular flexibility index (Phi) is 3.35. The van der Waals surface area contributed by atoms with Gasteiger partial charge in [-0.25, -0.2) is 0 Å². The minimum Gasteiger partial charge on any atom is -0.0898 e. The lowest BCUT2D eigenvalue weighted by molar-refractivity contribution is 1.26. The number of rotatable bonds is 2. The van der Waals surface area contributed by atoms with Gasteiger partial charge in [-0.05, 0) is 55.7 Å². The first kappa shape index (κ1) is 11.3. The first-order valence-corrected chi connectivity index (χ1v) is 6.29. The average molecular weight is 228 g/mol. The Labute approximate surface area is 102 Å². The lowest BCUT2D eigenvalue weighted by Crippen LogP contribution is -1.82. The standard InChI is InChI=1S/C15H16S/c1-11-8-9-14(10-13(11)3)16-15-7-5-4-6-12(15)2/h4-10H,1-3H3. The minimum atomic E-state index is 1.32. The molecule has 0 spiro atoms. The second-order valence-corrected chi connectivity index (χ2v) is 5.23. The molecule has 0 saturated heterocycles. The van der Waals surface area contributed by atoms with Gasteiger partial charge < -0.3 is 0 Å². The van der Waals surface area contributed by atoms with Crippen molar-refractivity contribution < 1.29 is 0 Å². The van der Waals surface area contributed by atoms with Crippen LogP contribution in [-0.4, -0.2) is 0 Å². The molecule has 82 valence electrons. The molecular weight excluding hydrogens is 212 g/mol. The van der Waals surface area contributed by atoms with Crippen molar-refractivity contribution in [3.05, 3.63) is 59.2 Å². The van der Waals surface area contributed by atoms with E-state index in [1.165, 1.54) is 26.5 Å². The van der Waals surface area contributed by atoms with Crippen molar-refractivity contribution >= 4 is 11.8 Å². The Balaban J connectivity index is 2.28. The van der Waals surface area contributed by atoms with Gasteiger partial charge in [0.1, 0.15) is 0 Å². The second kappa shape index (κ2) is 4.75. The third-order valence-electron chi connectivity index (χ3n) is 2.80. The zero-order valence-corrected chi connectivity index (χ0v) is 10.8. The maximum Gasteiger partial charge on any atom is 0.0151 e. The molecule has 0 aliphatic carbocycles. The summed E-state index contributed by atoms with van der Waals surface area (Å²) < 4.78 is 0. The SMILES string of the molecule is Cc1ccc(Sc2ccccc2C)cc1C. The maximum absolute atomic E-state index is 2.26. The molecule has 0 aromatic heterocycles. The van der Waals surface area contributed by atoms with Gasteiger partial charge in [-0.1, -0.05) is 36.0 Å². The van der Waals surface area contributed by atoms with E-state index in [-0.39, 0.29) is 0 Å². The molecule has 2 aromatic rings. The fourth-order valence-corrected chi connectivity index (χ4v) is 2.58. The summed E-state index contributed by atoms with van der Waals surface area (Å²) in [6.07, 6.45) is 0. The molecule has 0 aliphatic heterocycles. The van der Waals surface area contributed by atoms with Crippen LogP contribution in [0.3, 0.4) is 0 Å². The predicted molar refractivity (Wildman–Crippen MR) is 71.2 cm³/mol. The Bertz CT molecular complexity index is 501. The van der Waals surface area contributed by atoms with Gasteiger partial charge in [0.15, 0.2) is 0 Å². The van der Waals surface area contributed by atoms with Crippen molar-refractivity contribution in [2.24, 2.45) is 0 Å². The third kappa shape index (κ3) is 2.48. The first-order chi connectivity index (χ1) is 7.66. The highest BCUT2D eigenvalue weighted by atomic mass is 32.2. The van der Waals surface area contributed by atoms with E-state index in [1.807, 2.05) is 11.8 Å². The summed E-state index contributed by atoms with van der Waals surface area (Å²) in [4.78, 5) is 2.66. The lowest BCUT2D eigenvalue weighted by atomic mass is 10.1. The van der Waals surface area contributed by atoms with Gasteiger partial charge in [0.05, 0.1) is 0 Å². The Morgan fingerprint density at radius 1 is 0.750 bits per heavy atom. The molecule has 0 N–H and O–H groups in total. The highest BCUT2D eigenvalue weighted by Crippen LogP contribution is 2.30. The predicted octanol–water partition coefficient (Wildman–Crippen LogP) is 4.76. The van der Waals surface area contributed by atoms with Crippen LogP contribution >= 0.6 is 11.8 Å². The number of hydrogen-bond acceptors (Lipinski definition) is 1. The smallest absolute Gasteiger partial charge is 0.0151 e. The summed E-state index contributed by atoms with van der Waals surface area (Å²) >= 11 is 1.84. The molecule has 0 heterocycles. The van der Waals surface area contributed by atoms with E-state index in [2.05, 4.69) is 63.2 Å². The number of benzene rings is 2. The fourth-order valence-electron chi connectivity index (χ4n) is 1.58. The molecule has 0 saturated carbocycles. The van der Waals surface area contributed by atoms with Crippen LogP contribution in [0.2, 0.25) is 0 Å². The van der Waals surface area contributed by atoms with Gasteiger partial charge in [0.25, 0.3) is 0 Å². The summed E-state index contributed by atoms with van der Waals surface area (Å²) in [5.41, 5.74) is 4.05.